The first-order valence-corrected chi connectivity index (χ1v) is 10.2. The zero-order valence-corrected chi connectivity index (χ0v) is 15.0. The van der Waals surface area contributed by atoms with Gasteiger partial charge in [0.15, 0.2) is 0 Å². The Balaban J connectivity index is 3.10. The van der Waals surface area contributed by atoms with Crippen LogP contribution < -0.4 is 0 Å². The molecule has 0 radical (unpaired) electrons. The lowest BCUT2D eigenvalue weighted by Gasteiger charge is -2.03. The van der Waals surface area contributed by atoms with Crippen molar-refractivity contribution < 1.29 is 22.1 Å². The highest BCUT2D eigenvalue weighted by atomic mass is 32.2. The van der Waals surface area contributed by atoms with Crippen molar-refractivity contribution in [1.82, 2.24) is 0 Å². The lowest BCUT2D eigenvalue weighted by Crippen LogP contribution is -2.03. The molecule has 0 aliphatic carbocycles. The molecule has 0 rings (SSSR count). The van der Waals surface area contributed by atoms with Crippen molar-refractivity contribution in [3.05, 3.63) is 0 Å². The predicted octanol–water partition coefficient (Wildman–Crippen LogP) is 3.82. The topological polar surface area (TPSA) is 69.7 Å². The molecule has 0 aromatic rings. The van der Waals surface area contributed by atoms with E-state index < -0.39 is 10.1 Å². The first-order chi connectivity index (χ1) is 10.5. The van der Waals surface area contributed by atoms with E-state index in [0.29, 0.717) is 13.0 Å². The second-order valence-corrected chi connectivity index (χ2v) is 7.39. The third-order valence-electron chi connectivity index (χ3n) is 3.55. The molecule has 5 nitrogen and oxygen atoms in total. The van der Waals surface area contributed by atoms with Gasteiger partial charge in [0.2, 0.25) is 0 Å². The van der Waals surface area contributed by atoms with E-state index in [1.54, 1.807) is 0 Å². The average Bonchev–Trinajstić information content (AvgIpc) is 2.46. The summed E-state index contributed by atoms with van der Waals surface area (Å²) in [6.45, 7) is 0.310. The van der Waals surface area contributed by atoms with Crippen molar-refractivity contribution in [2.45, 2.75) is 77.0 Å². The monoisotopic (exact) mass is 336 g/mol. The summed E-state index contributed by atoms with van der Waals surface area (Å²) in [5, 5.41) is 0. The van der Waals surface area contributed by atoms with Gasteiger partial charge in [-0.2, -0.15) is 8.42 Å². The van der Waals surface area contributed by atoms with Gasteiger partial charge in [-0.1, -0.05) is 57.8 Å². The maximum absolute atomic E-state index is 10.9. The van der Waals surface area contributed by atoms with Crippen LogP contribution in [0.15, 0.2) is 0 Å². The zero-order valence-electron chi connectivity index (χ0n) is 14.1. The third-order valence-corrected chi connectivity index (χ3v) is 4.15. The van der Waals surface area contributed by atoms with Crippen molar-refractivity contribution >= 4 is 16.1 Å². The summed E-state index contributed by atoms with van der Waals surface area (Å²) >= 11 is 0. The van der Waals surface area contributed by atoms with E-state index in [1.807, 2.05) is 0 Å². The van der Waals surface area contributed by atoms with Crippen LogP contribution in [0, 0.1) is 0 Å². The van der Waals surface area contributed by atoms with Gasteiger partial charge in [-0.3, -0.25) is 8.98 Å². The number of carbonyl (C=O) groups excluding carboxylic acids is 1. The number of methoxy groups -OCH3 is 1. The second kappa shape index (κ2) is 14.0. The Kier molecular flexibility index (Phi) is 13.6. The molecular weight excluding hydrogens is 304 g/mol. The number of hydrogen-bond donors (Lipinski definition) is 0. The maximum atomic E-state index is 10.9. The van der Waals surface area contributed by atoms with Gasteiger partial charge in [-0.25, -0.2) is 0 Å². The largest absolute Gasteiger partial charge is 0.469 e. The van der Waals surface area contributed by atoms with Gasteiger partial charge in [0, 0.05) is 6.42 Å². The van der Waals surface area contributed by atoms with Gasteiger partial charge in [-0.15, -0.1) is 0 Å². The standard InChI is InChI=1S/C16H32O5S/c1-20-16(17)14-12-10-8-6-4-3-5-7-9-11-13-15-21-22(2,18)19/h3-15H2,1-2H3. The summed E-state index contributed by atoms with van der Waals surface area (Å²) in [5.41, 5.74) is 0. The highest BCUT2D eigenvalue weighted by Gasteiger charge is 2.01. The van der Waals surface area contributed by atoms with E-state index in [1.165, 1.54) is 45.6 Å². The summed E-state index contributed by atoms with van der Waals surface area (Å²) in [4.78, 5) is 10.9. The van der Waals surface area contributed by atoms with Crippen molar-refractivity contribution in [2.75, 3.05) is 20.0 Å². The molecule has 0 aromatic heterocycles. The van der Waals surface area contributed by atoms with Gasteiger partial charge in [0.1, 0.15) is 0 Å². The average molecular weight is 336 g/mol. The van der Waals surface area contributed by atoms with Crippen molar-refractivity contribution in [1.29, 1.82) is 0 Å². The van der Waals surface area contributed by atoms with Crippen LogP contribution in [0.5, 0.6) is 0 Å². The zero-order chi connectivity index (χ0) is 16.7. The molecule has 0 fully saturated rings. The van der Waals surface area contributed by atoms with E-state index in [0.717, 1.165) is 38.4 Å². The Bertz CT molecular complexity index is 365. The summed E-state index contributed by atoms with van der Waals surface area (Å²) in [6, 6.07) is 0. The van der Waals surface area contributed by atoms with E-state index in [9.17, 15) is 13.2 Å². The van der Waals surface area contributed by atoms with E-state index in [-0.39, 0.29) is 5.97 Å². The summed E-state index contributed by atoms with van der Waals surface area (Å²) < 4.78 is 30.8. The fourth-order valence-electron chi connectivity index (χ4n) is 2.27. The highest BCUT2D eigenvalue weighted by molar-refractivity contribution is 7.85. The molecule has 0 N–H and O–H groups in total. The molecule has 0 saturated heterocycles. The van der Waals surface area contributed by atoms with Crippen LogP contribution in [0.4, 0.5) is 0 Å². The highest BCUT2D eigenvalue weighted by Crippen LogP contribution is 2.12. The second-order valence-electron chi connectivity index (χ2n) is 5.74. The number of esters is 1. The molecule has 0 bridgehead atoms. The van der Waals surface area contributed by atoms with Crippen LogP contribution in [-0.4, -0.2) is 34.4 Å². The summed E-state index contributed by atoms with van der Waals surface area (Å²) in [5.74, 6) is -0.109. The molecule has 0 heterocycles. The first-order valence-electron chi connectivity index (χ1n) is 8.37. The van der Waals surface area contributed by atoms with E-state index >= 15 is 0 Å². The Labute approximate surface area is 135 Å². The fourth-order valence-corrected chi connectivity index (χ4v) is 2.70. The van der Waals surface area contributed by atoms with Crippen molar-refractivity contribution in [3.8, 4) is 0 Å². The van der Waals surface area contributed by atoms with Crippen LogP contribution in [-0.2, 0) is 23.8 Å². The van der Waals surface area contributed by atoms with Crippen LogP contribution in [0.1, 0.15) is 77.0 Å². The first kappa shape index (κ1) is 21.4. The molecule has 132 valence electrons. The number of carbonyl (C=O) groups is 1. The van der Waals surface area contributed by atoms with Crippen molar-refractivity contribution in [2.24, 2.45) is 0 Å². The lowest BCUT2D eigenvalue weighted by molar-refractivity contribution is -0.140. The molecule has 6 heteroatoms. The third kappa shape index (κ3) is 17.4. The molecule has 0 amide bonds. The number of ether oxygens (including phenoxy) is 1. The number of rotatable bonds is 15. The smallest absolute Gasteiger partial charge is 0.305 e. The molecule has 22 heavy (non-hydrogen) atoms. The Morgan fingerprint density at radius 3 is 1.59 bits per heavy atom. The Morgan fingerprint density at radius 1 is 0.773 bits per heavy atom. The maximum Gasteiger partial charge on any atom is 0.305 e. The van der Waals surface area contributed by atoms with E-state index in [4.69, 9.17) is 0 Å². The van der Waals surface area contributed by atoms with Gasteiger partial charge >= 0.3 is 5.97 Å². The quantitative estimate of drug-likeness (QED) is 0.258. The Morgan fingerprint density at radius 2 is 1.18 bits per heavy atom. The molecular formula is C16H32O5S. The molecule has 0 saturated carbocycles. The molecule has 0 spiro atoms. The van der Waals surface area contributed by atoms with Crippen LogP contribution >= 0.6 is 0 Å². The SMILES string of the molecule is COC(=O)CCCCCCCCCCCCCOS(C)(=O)=O. The number of unbranched alkanes of at least 4 members (excludes halogenated alkanes) is 10. The fraction of sp³-hybridized carbons (Fsp3) is 0.938. The Hall–Kier alpha value is -0.620. The van der Waals surface area contributed by atoms with E-state index in [2.05, 4.69) is 8.92 Å². The molecule has 0 aliphatic rings. The van der Waals surface area contributed by atoms with Gasteiger partial charge in [0.25, 0.3) is 10.1 Å². The van der Waals surface area contributed by atoms with Crippen LogP contribution in [0.2, 0.25) is 0 Å². The summed E-state index contributed by atoms with van der Waals surface area (Å²) in [6.07, 6.45) is 14.1. The minimum atomic E-state index is -3.27. The number of hydrogen-bond acceptors (Lipinski definition) is 5. The minimum absolute atomic E-state index is 0.109. The lowest BCUT2D eigenvalue weighted by atomic mass is 10.1. The molecule has 0 aliphatic heterocycles. The van der Waals surface area contributed by atoms with Crippen LogP contribution in [0.25, 0.3) is 0 Å². The minimum Gasteiger partial charge on any atom is -0.469 e. The van der Waals surface area contributed by atoms with Gasteiger partial charge < -0.3 is 4.74 Å². The predicted molar refractivity (Wildman–Crippen MR) is 88.2 cm³/mol. The van der Waals surface area contributed by atoms with Crippen molar-refractivity contribution in [3.63, 3.8) is 0 Å². The van der Waals surface area contributed by atoms with Gasteiger partial charge in [-0.05, 0) is 12.8 Å². The normalized spacial score (nSPS) is 11.5. The van der Waals surface area contributed by atoms with Crippen LogP contribution in [0.3, 0.4) is 0 Å². The van der Waals surface area contributed by atoms with Gasteiger partial charge in [0.05, 0.1) is 20.0 Å². The molecule has 0 aromatic carbocycles. The molecule has 0 atom stereocenters. The molecule has 0 unspecified atom stereocenters. The summed E-state index contributed by atoms with van der Waals surface area (Å²) in [7, 11) is -1.84.